The van der Waals surface area contributed by atoms with Crippen molar-refractivity contribution in [3.63, 3.8) is 0 Å². The fraction of sp³-hybridized carbons (Fsp3) is 0.778. The van der Waals surface area contributed by atoms with Crippen LogP contribution in [0.25, 0.3) is 0 Å². The number of nitrogens with one attached hydrogen (secondary N) is 2. The van der Waals surface area contributed by atoms with Gasteiger partial charge >= 0.3 is 6.03 Å². The van der Waals surface area contributed by atoms with Crippen molar-refractivity contribution in [2.75, 3.05) is 19.8 Å². The molecular weight excluding hydrogens is 184 g/mol. The summed E-state index contributed by atoms with van der Waals surface area (Å²) in [6.07, 6.45) is 1.68. The number of hydrogen-bond acceptors (Lipinski definition) is 3. The second kappa shape index (κ2) is 5.59. The topological polar surface area (TPSA) is 67.4 Å². The van der Waals surface area contributed by atoms with Crippen LogP contribution >= 0.6 is 0 Å². The van der Waals surface area contributed by atoms with E-state index in [1.54, 1.807) is 0 Å². The van der Waals surface area contributed by atoms with Crippen LogP contribution in [0.2, 0.25) is 0 Å². The fourth-order valence-corrected chi connectivity index (χ4v) is 1.28. The number of amides is 2. The molecule has 80 valence electrons. The van der Waals surface area contributed by atoms with Crippen molar-refractivity contribution < 1.29 is 14.3 Å². The highest BCUT2D eigenvalue weighted by atomic mass is 16.5. The predicted molar refractivity (Wildman–Crippen MR) is 51.1 cm³/mol. The molecule has 1 heterocycles. The molecule has 0 atom stereocenters. The summed E-state index contributed by atoms with van der Waals surface area (Å²) in [5, 5.41) is 5.28. The molecule has 1 fully saturated rings. The summed E-state index contributed by atoms with van der Waals surface area (Å²) >= 11 is 0. The first-order valence-corrected chi connectivity index (χ1v) is 4.80. The summed E-state index contributed by atoms with van der Waals surface area (Å²) < 4.78 is 5.15. The molecule has 1 saturated heterocycles. The zero-order valence-electron chi connectivity index (χ0n) is 8.34. The van der Waals surface area contributed by atoms with Gasteiger partial charge < -0.3 is 15.4 Å². The Morgan fingerprint density at radius 3 is 2.57 bits per heavy atom. The van der Waals surface area contributed by atoms with Crippen LogP contribution in [0, 0.1) is 0 Å². The third-order valence-electron chi connectivity index (χ3n) is 2.05. The van der Waals surface area contributed by atoms with Crippen molar-refractivity contribution >= 4 is 11.8 Å². The van der Waals surface area contributed by atoms with Gasteiger partial charge in [-0.2, -0.15) is 0 Å². The summed E-state index contributed by atoms with van der Waals surface area (Å²) in [5.41, 5.74) is 0. The molecule has 0 unspecified atom stereocenters. The molecular formula is C9H16N2O3. The molecule has 5 nitrogen and oxygen atoms in total. The van der Waals surface area contributed by atoms with Gasteiger partial charge in [-0.15, -0.1) is 0 Å². The molecule has 1 aliphatic heterocycles. The standard InChI is InChI=1S/C9H16N2O3/c1-7(12)6-10-9(13)11-8-2-4-14-5-3-8/h8H,2-6H2,1H3,(H2,10,11,13). The van der Waals surface area contributed by atoms with E-state index in [0.29, 0.717) is 13.2 Å². The second-order valence-corrected chi connectivity index (χ2v) is 3.42. The highest BCUT2D eigenvalue weighted by Gasteiger charge is 2.15. The highest BCUT2D eigenvalue weighted by molar-refractivity contribution is 5.83. The van der Waals surface area contributed by atoms with Crippen LogP contribution in [0.4, 0.5) is 4.79 Å². The van der Waals surface area contributed by atoms with Crippen molar-refractivity contribution in [1.29, 1.82) is 0 Å². The van der Waals surface area contributed by atoms with Crippen LogP contribution in [-0.2, 0) is 9.53 Å². The number of rotatable bonds is 3. The van der Waals surface area contributed by atoms with Crippen LogP contribution in [0.1, 0.15) is 19.8 Å². The van der Waals surface area contributed by atoms with Gasteiger partial charge in [0.05, 0.1) is 6.54 Å². The molecule has 1 rings (SSSR count). The van der Waals surface area contributed by atoms with E-state index in [-0.39, 0.29) is 24.4 Å². The lowest BCUT2D eigenvalue weighted by Crippen LogP contribution is -2.45. The van der Waals surface area contributed by atoms with E-state index < -0.39 is 0 Å². The molecule has 0 aromatic heterocycles. The smallest absolute Gasteiger partial charge is 0.315 e. The fourth-order valence-electron chi connectivity index (χ4n) is 1.28. The number of ketones is 1. The Kier molecular flexibility index (Phi) is 4.39. The zero-order valence-corrected chi connectivity index (χ0v) is 8.34. The summed E-state index contributed by atoms with van der Waals surface area (Å²) in [6.45, 7) is 2.92. The third kappa shape index (κ3) is 4.23. The predicted octanol–water partition coefficient (Wildman–Crippen LogP) is 0.0536. The number of carbonyl (C=O) groups excluding carboxylic acids is 2. The number of carbonyl (C=O) groups is 2. The van der Waals surface area contributed by atoms with Gasteiger partial charge in [-0.05, 0) is 19.8 Å². The third-order valence-corrected chi connectivity index (χ3v) is 2.05. The summed E-state index contributed by atoms with van der Waals surface area (Å²) in [4.78, 5) is 21.8. The first-order chi connectivity index (χ1) is 6.68. The number of Topliss-reactive ketones (excluding diaryl/α,β-unsaturated/α-hetero) is 1. The highest BCUT2D eigenvalue weighted by Crippen LogP contribution is 2.05. The SMILES string of the molecule is CC(=O)CNC(=O)NC1CCOCC1. The van der Waals surface area contributed by atoms with Crippen molar-refractivity contribution in [2.24, 2.45) is 0 Å². The van der Waals surface area contributed by atoms with Gasteiger partial charge in [0, 0.05) is 19.3 Å². The molecule has 0 radical (unpaired) electrons. The lowest BCUT2D eigenvalue weighted by molar-refractivity contribution is -0.116. The molecule has 5 heteroatoms. The van der Waals surface area contributed by atoms with E-state index in [1.807, 2.05) is 0 Å². The molecule has 0 bridgehead atoms. The molecule has 0 aromatic carbocycles. The van der Waals surface area contributed by atoms with E-state index in [4.69, 9.17) is 4.74 Å². The molecule has 0 saturated carbocycles. The van der Waals surface area contributed by atoms with Gasteiger partial charge in [0.25, 0.3) is 0 Å². The van der Waals surface area contributed by atoms with E-state index in [9.17, 15) is 9.59 Å². The monoisotopic (exact) mass is 200 g/mol. The molecule has 1 aliphatic rings. The molecule has 0 aromatic rings. The lowest BCUT2D eigenvalue weighted by Gasteiger charge is -2.23. The molecule has 14 heavy (non-hydrogen) atoms. The zero-order chi connectivity index (χ0) is 10.4. The maximum atomic E-state index is 11.2. The van der Waals surface area contributed by atoms with E-state index in [2.05, 4.69) is 10.6 Å². The van der Waals surface area contributed by atoms with Crippen LogP contribution in [0.3, 0.4) is 0 Å². The maximum Gasteiger partial charge on any atom is 0.315 e. The average Bonchev–Trinajstić information content (AvgIpc) is 2.16. The first-order valence-electron chi connectivity index (χ1n) is 4.80. The minimum atomic E-state index is -0.271. The van der Waals surface area contributed by atoms with Gasteiger partial charge in [-0.25, -0.2) is 4.79 Å². The average molecular weight is 200 g/mol. The number of urea groups is 1. The van der Waals surface area contributed by atoms with Crippen molar-refractivity contribution in [2.45, 2.75) is 25.8 Å². The van der Waals surface area contributed by atoms with Crippen LogP contribution in [0.5, 0.6) is 0 Å². The Hall–Kier alpha value is -1.10. The maximum absolute atomic E-state index is 11.2. The van der Waals surface area contributed by atoms with Crippen LogP contribution in [0.15, 0.2) is 0 Å². The van der Waals surface area contributed by atoms with Crippen molar-refractivity contribution in [3.05, 3.63) is 0 Å². The Morgan fingerprint density at radius 2 is 2.00 bits per heavy atom. The van der Waals surface area contributed by atoms with Gasteiger partial charge in [0.1, 0.15) is 5.78 Å². The summed E-state index contributed by atoms with van der Waals surface area (Å²) in [7, 11) is 0. The quantitative estimate of drug-likeness (QED) is 0.676. The molecule has 2 N–H and O–H groups in total. The minimum absolute atomic E-state index is 0.0490. The second-order valence-electron chi connectivity index (χ2n) is 3.42. The molecule has 2 amide bonds. The minimum Gasteiger partial charge on any atom is -0.381 e. The lowest BCUT2D eigenvalue weighted by atomic mass is 10.1. The van der Waals surface area contributed by atoms with E-state index in [0.717, 1.165) is 12.8 Å². The van der Waals surface area contributed by atoms with Crippen LogP contribution < -0.4 is 10.6 Å². The Bertz CT molecular complexity index is 212. The molecule has 0 aliphatic carbocycles. The van der Waals surface area contributed by atoms with Gasteiger partial charge in [-0.3, -0.25) is 4.79 Å². The van der Waals surface area contributed by atoms with E-state index >= 15 is 0 Å². The molecule has 0 spiro atoms. The first kappa shape index (κ1) is 11.0. The van der Waals surface area contributed by atoms with E-state index in [1.165, 1.54) is 6.92 Å². The summed E-state index contributed by atoms with van der Waals surface area (Å²) in [6, 6.07) is -0.0946. The van der Waals surface area contributed by atoms with Gasteiger partial charge in [0.2, 0.25) is 0 Å². The summed E-state index contributed by atoms with van der Waals surface area (Å²) in [5.74, 6) is -0.0490. The Morgan fingerprint density at radius 1 is 1.36 bits per heavy atom. The number of hydrogen-bond donors (Lipinski definition) is 2. The Balaban J connectivity index is 2.15. The largest absolute Gasteiger partial charge is 0.381 e. The van der Waals surface area contributed by atoms with Crippen molar-refractivity contribution in [1.82, 2.24) is 10.6 Å². The van der Waals surface area contributed by atoms with Gasteiger partial charge in [-0.1, -0.05) is 0 Å². The van der Waals surface area contributed by atoms with Crippen molar-refractivity contribution in [3.8, 4) is 0 Å². The van der Waals surface area contributed by atoms with Crippen LogP contribution in [-0.4, -0.2) is 37.6 Å². The normalized spacial score (nSPS) is 17.5. The number of ether oxygens (including phenoxy) is 1. The van der Waals surface area contributed by atoms with Gasteiger partial charge in [0.15, 0.2) is 0 Å². The Labute approximate surface area is 83.2 Å².